The minimum atomic E-state index is -0.589. The predicted octanol–water partition coefficient (Wildman–Crippen LogP) is 3.32. The van der Waals surface area contributed by atoms with Gasteiger partial charge in [0.05, 0.1) is 6.54 Å². The lowest BCUT2D eigenvalue weighted by molar-refractivity contribution is 0.0717. The van der Waals surface area contributed by atoms with Gasteiger partial charge in [-0.3, -0.25) is 4.90 Å². The molecule has 1 unspecified atom stereocenters. The van der Waals surface area contributed by atoms with Gasteiger partial charge in [-0.05, 0) is 44.2 Å². The summed E-state index contributed by atoms with van der Waals surface area (Å²) in [5.74, 6) is 1.50. The number of nitrogens with zero attached hydrogens (tertiary/aromatic N) is 2. The van der Waals surface area contributed by atoms with Gasteiger partial charge in [0.2, 0.25) is 5.89 Å². The number of aryl methyl sites for hydroxylation is 2. The molecule has 0 bridgehead atoms. The number of para-hydroxylation sites is 3. The summed E-state index contributed by atoms with van der Waals surface area (Å²) in [6, 6.07) is 13.7. The molecular weight excluding hydrogens is 316 g/mol. The molecule has 132 valence electrons. The van der Waals surface area contributed by atoms with E-state index in [2.05, 4.69) is 4.98 Å². The zero-order valence-corrected chi connectivity index (χ0v) is 14.9. The van der Waals surface area contributed by atoms with Crippen molar-refractivity contribution in [3.05, 3.63) is 59.5 Å². The van der Waals surface area contributed by atoms with Crippen LogP contribution in [0.5, 0.6) is 5.75 Å². The average Bonchev–Trinajstić information content (AvgIpc) is 2.96. The molecule has 1 N–H and O–H groups in total. The number of hydrogen-bond donors (Lipinski definition) is 1. The standard InChI is InChI=1S/C20H24N2O3/c1-14-7-6-8-15(2)20(14)24-13-16(23)11-22(3)12-19-21-17-9-4-5-10-18(17)25-19/h4-10,16,23H,11-13H2,1-3H3. The molecule has 0 aliphatic rings. The van der Waals surface area contributed by atoms with E-state index in [1.165, 1.54) is 0 Å². The number of ether oxygens (including phenoxy) is 1. The monoisotopic (exact) mass is 340 g/mol. The molecule has 0 fully saturated rings. The van der Waals surface area contributed by atoms with Gasteiger partial charge >= 0.3 is 0 Å². The van der Waals surface area contributed by atoms with Crippen LogP contribution in [0.1, 0.15) is 17.0 Å². The van der Waals surface area contributed by atoms with Crippen LogP contribution in [0.2, 0.25) is 0 Å². The van der Waals surface area contributed by atoms with Crippen LogP contribution in [0, 0.1) is 13.8 Å². The van der Waals surface area contributed by atoms with Gasteiger partial charge in [-0.1, -0.05) is 30.3 Å². The highest BCUT2D eigenvalue weighted by Gasteiger charge is 2.14. The molecule has 0 aliphatic heterocycles. The van der Waals surface area contributed by atoms with Crippen molar-refractivity contribution >= 4 is 11.1 Å². The number of hydrogen-bond acceptors (Lipinski definition) is 5. The predicted molar refractivity (Wildman–Crippen MR) is 97.8 cm³/mol. The summed E-state index contributed by atoms with van der Waals surface area (Å²) >= 11 is 0. The van der Waals surface area contributed by atoms with E-state index in [1.807, 2.05) is 68.3 Å². The zero-order chi connectivity index (χ0) is 17.8. The molecule has 0 aliphatic carbocycles. The highest BCUT2D eigenvalue weighted by molar-refractivity contribution is 5.72. The molecule has 0 saturated heterocycles. The van der Waals surface area contributed by atoms with Gasteiger partial charge in [0, 0.05) is 6.54 Å². The quantitative estimate of drug-likeness (QED) is 0.715. The first-order valence-electron chi connectivity index (χ1n) is 8.43. The Morgan fingerprint density at radius 2 is 1.84 bits per heavy atom. The van der Waals surface area contributed by atoms with Crippen LogP contribution >= 0.6 is 0 Å². The number of likely N-dealkylation sites (N-methyl/N-ethyl adjacent to an activating group) is 1. The lowest BCUT2D eigenvalue weighted by Gasteiger charge is -2.20. The Kier molecular flexibility index (Phi) is 5.36. The zero-order valence-electron chi connectivity index (χ0n) is 14.9. The van der Waals surface area contributed by atoms with Gasteiger partial charge in [-0.25, -0.2) is 4.98 Å². The topological polar surface area (TPSA) is 58.7 Å². The van der Waals surface area contributed by atoms with E-state index < -0.39 is 6.10 Å². The van der Waals surface area contributed by atoms with E-state index in [0.29, 0.717) is 19.0 Å². The molecule has 5 heteroatoms. The van der Waals surface area contributed by atoms with E-state index in [9.17, 15) is 5.11 Å². The molecule has 1 heterocycles. The molecule has 0 spiro atoms. The fraction of sp³-hybridized carbons (Fsp3) is 0.350. The van der Waals surface area contributed by atoms with E-state index in [1.54, 1.807) is 0 Å². The highest BCUT2D eigenvalue weighted by Crippen LogP contribution is 2.22. The van der Waals surface area contributed by atoms with Crippen LogP contribution in [-0.4, -0.2) is 41.3 Å². The van der Waals surface area contributed by atoms with Crippen LogP contribution in [0.15, 0.2) is 46.9 Å². The van der Waals surface area contributed by atoms with Crippen molar-refractivity contribution in [1.82, 2.24) is 9.88 Å². The molecule has 0 radical (unpaired) electrons. The third kappa shape index (κ3) is 4.38. The van der Waals surface area contributed by atoms with Crippen LogP contribution in [0.25, 0.3) is 11.1 Å². The third-order valence-corrected chi connectivity index (χ3v) is 4.09. The number of benzene rings is 2. The molecule has 3 aromatic rings. The van der Waals surface area contributed by atoms with Crippen LogP contribution in [-0.2, 0) is 6.54 Å². The molecule has 3 rings (SSSR count). The van der Waals surface area contributed by atoms with E-state index in [-0.39, 0.29) is 6.61 Å². The lowest BCUT2D eigenvalue weighted by Crippen LogP contribution is -2.33. The number of oxazole rings is 1. The minimum absolute atomic E-state index is 0.254. The summed E-state index contributed by atoms with van der Waals surface area (Å²) in [6.45, 7) is 5.28. The van der Waals surface area contributed by atoms with Crippen LogP contribution in [0.4, 0.5) is 0 Å². The number of rotatable bonds is 7. The molecule has 25 heavy (non-hydrogen) atoms. The lowest BCUT2D eigenvalue weighted by atomic mass is 10.1. The largest absolute Gasteiger partial charge is 0.490 e. The van der Waals surface area contributed by atoms with Gasteiger partial charge in [-0.2, -0.15) is 0 Å². The Balaban J connectivity index is 1.52. The molecule has 0 amide bonds. The van der Waals surface area contributed by atoms with E-state index in [4.69, 9.17) is 9.15 Å². The Morgan fingerprint density at radius 3 is 2.56 bits per heavy atom. The first kappa shape index (κ1) is 17.5. The summed E-state index contributed by atoms with van der Waals surface area (Å²) in [5.41, 5.74) is 3.79. The summed E-state index contributed by atoms with van der Waals surface area (Å²) in [5, 5.41) is 10.3. The number of aliphatic hydroxyl groups excluding tert-OH is 1. The maximum Gasteiger partial charge on any atom is 0.209 e. The minimum Gasteiger partial charge on any atom is -0.490 e. The average molecular weight is 340 g/mol. The molecule has 0 saturated carbocycles. The Bertz CT molecular complexity index is 791. The first-order chi connectivity index (χ1) is 12.0. The smallest absolute Gasteiger partial charge is 0.209 e. The SMILES string of the molecule is Cc1cccc(C)c1OCC(O)CN(C)Cc1nc2ccccc2o1. The van der Waals surface area contributed by atoms with Crippen molar-refractivity contribution in [3.63, 3.8) is 0 Å². The van der Waals surface area contributed by atoms with Crippen molar-refractivity contribution in [2.24, 2.45) is 0 Å². The second-order valence-corrected chi connectivity index (χ2v) is 6.46. The van der Waals surface area contributed by atoms with Crippen molar-refractivity contribution in [3.8, 4) is 5.75 Å². The Hall–Kier alpha value is -2.37. The number of aromatic nitrogens is 1. The fourth-order valence-corrected chi connectivity index (χ4v) is 2.90. The summed E-state index contributed by atoms with van der Waals surface area (Å²) in [6.07, 6.45) is -0.589. The summed E-state index contributed by atoms with van der Waals surface area (Å²) in [4.78, 5) is 6.43. The van der Waals surface area contributed by atoms with E-state index in [0.717, 1.165) is 28.0 Å². The van der Waals surface area contributed by atoms with Gasteiger partial charge in [-0.15, -0.1) is 0 Å². The van der Waals surface area contributed by atoms with Crippen molar-refractivity contribution in [2.75, 3.05) is 20.2 Å². The Morgan fingerprint density at radius 1 is 1.12 bits per heavy atom. The van der Waals surface area contributed by atoms with E-state index >= 15 is 0 Å². The van der Waals surface area contributed by atoms with Crippen molar-refractivity contribution < 1.29 is 14.3 Å². The number of aliphatic hydroxyl groups is 1. The molecule has 2 aromatic carbocycles. The molecule has 5 nitrogen and oxygen atoms in total. The maximum atomic E-state index is 10.3. The fourth-order valence-electron chi connectivity index (χ4n) is 2.90. The van der Waals surface area contributed by atoms with Gasteiger partial charge in [0.15, 0.2) is 5.58 Å². The maximum absolute atomic E-state index is 10.3. The van der Waals surface area contributed by atoms with Crippen molar-refractivity contribution in [2.45, 2.75) is 26.5 Å². The van der Waals surface area contributed by atoms with Gasteiger partial charge < -0.3 is 14.3 Å². The summed E-state index contributed by atoms with van der Waals surface area (Å²) in [7, 11) is 1.93. The second-order valence-electron chi connectivity index (χ2n) is 6.46. The van der Waals surface area contributed by atoms with Crippen LogP contribution < -0.4 is 4.74 Å². The first-order valence-corrected chi connectivity index (χ1v) is 8.43. The second kappa shape index (κ2) is 7.68. The third-order valence-electron chi connectivity index (χ3n) is 4.09. The Labute approximate surface area is 147 Å². The van der Waals surface area contributed by atoms with Gasteiger partial charge in [0.1, 0.15) is 24.0 Å². The molecule has 1 atom stereocenters. The summed E-state index contributed by atoms with van der Waals surface area (Å²) < 4.78 is 11.5. The highest BCUT2D eigenvalue weighted by atomic mass is 16.5. The molecular formula is C20H24N2O3. The normalized spacial score (nSPS) is 12.7. The molecule has 1 aromatic heterocycles. The van der Waals surface area contributed by atoms with Crippen LogP contribution in [0.3, 0.4) is 0 Å². The van der Waals surface area contributed by atoms with Crippen molar-refractivity contribution in [1.29, 1.82) is 0 Å². The van der Waals surface area contributed by atoms with Gasteiger partial charge in [0.25, 0.3) is 0 Å². The number of fused-ring (bicyclic) bond motifs is 1.